The molecule has 4 nitrogen and oxygen atoms in total. The topological polar surface area (TPSA) is 57.9 Å². The van der Waals surface area contributed by atoms with Crippen molar-refractivity contribution < 1.29 is 4.74 Å². The highest BCUT2D eigenvalue weighted by atomic mass is 32.1. The first-order valence-electron chi connectivity index (χ1n) is 8.74. The molecule has 0 aliphatic heterocycles. The molecule has 27 heavy (non-hydrogen) atoms. The predicted molar refractivity (Wildman–Crippen MR) is 112 cm³/mol. The minimum Gasteiger partial charge on any atom is -0.492 e. The molecule has 0 radical (unpaired) electrons. The zero-order valence-electron chi connectivity index (χ0n) is 15.6. The normalized spacial score (nSPS) is 11.1. The van der Waals surface area contributed by atoms with Gasteiger partial charge in [0.2, 0.25) is 0 Å². The fourth-order valence-electron chi connectivity index (χ4n) is 2.78. The molecule has 5 heteroatoms. The average molecular weight is 375 g/mol. The summed E-state index contributed by atoms with van der Waals surface area (Å²) in [4.78, 5) is 4.67. The highest BCUT2D eigenvalue weighted by molar-refractivity contribution is 7.11. The van der Waals surface area contributed by atoms with Gasteiger partial charge >= 0.3 is 0 Å². The molecule has 3 aromatic rings. The number of nitriles is 1. The lowest BCUT2D eigenvalue weighted by atomic mass is 10.0. The molecular formula is C22H21N3OS. The van der Waals surface area contributed by atoms with Gasteiger partial charge in [0, 0.05) is 17.1 Å². The molecule has 0 saturated carbocycles. The smallest absolute Gasteiger partial charge is 0.142 e. The third-order valence-electron chi connectivity index (χ3n) is 4.07. The average Bonchev–Trinajstić information content (AvgIpc) is 3.13. The van der Waals surface area contributed by atoms with Gasteiger partial charge in [0.15, 0.2) is 0 Å². The van der Waals surface area contributed by atoms with E-state index in [9.17, 15) is 5.26 Å². The van der Waals surface area contributed by atoms with E-state index in [0.29, 0.717) is 17.2 Å². The summed E-state index contributed by atoms with van der Waals surface area (Å²) in [5.41, 5.74) is 5.69. The highest BCUT2D eigenvalue weighted by Gasteiger charge is 2.11. The molecular weight excluding hydrogens is 354 g/mol. The summed E-state index contributed by atoms with van der Waals surface area (Å²) in [7, 11) is 0. The van der Waals surface area contributed by atoms with Crippen LogP contribution in [0.3, 0.4) is 0 Å². The van der Waals surface area contributed by atoms with Crippen molar-refractivity contribution in [3.63, 3.8) is 0 Å². The van der Waals surface area contributed by atoms with Crippen LogP contribution in [0.15, 0.2) is 54.0 Å². The number of hydrogen-bond donors (Lipinski definition) is 1. The maximum atomic E-state index is 9.58. The SMILES string of the molecule is CCOc1ccccc1N/C=C(/C#N)c1nc(-c2ccc(C)cc2C)cs1. The lowest BCUT2D eigenvalue weighted by Crippen LogP contribution is -1.97. The lowest BCUT2D eigenvalue weighted by molar-refractivity contribution is 0.342. The van der Waals surface area contributed by atoms with Crippen molar-refractivity contribution in [1.29, 1.82) is 5.26 Å². The summed E-state index contributed by atoms with van der Waals surface area (Å²) in [6.07, 6.45) is 1.68. The van der Waals surface area contributed by atoms with Gasteiger partial charge in [-0.3, -0.25) is 0 Å². The fraction of sp³-hybridized carbons (Fsp3) is 0.182. The second-order valence-corrected chi connectivity index (χ2v) is 6.96. The van der Waals surface area contributed by atoms with Crippen molar-refractivity contribution in [2.24, 2.45) is 0 Å². The Morgan fingerprint density at radius 1 is 1.26 bits per heavy atom. The van der Waals surface area contributed by atoms with Crippen LogP contribution in [0.1, 0.15) is 23.1 Å². The largest absolute Gasteiger partial charge is 0.492 e. The first-order chi connectivity index (χ1) is 13.1. The molecule has 136 valence electrons. The van der Waals surface area contributed by atoms with Gasteiger partial charge < -0.3 is 10.1 Å². The zero-order valence-corrected chi connectivity index (χ0v) is 16.4. The maximum Gasteiger partial charge on any atom is 0.142 e. The van der Waals surface area contributed by atoms with E-state index >= 15 is 0 Å². The van der Waals surface area contributed by atoms with E-state index in [2.05, 4.69) is 48.4 Å². The number of nitrogens with zero attached hydrogens (tertiary/aromatic N) is 2. The summed E-state index contributed by atoms with van der Waals surface area (Å²) in [6.45, 7) is 6.68. The number of anilines is 1. The van der Waals surface area contributed by atoms with E-state index in [0.717, 1.165) is 22.7 Å². The van der Waals surface area contributed by atoms with Crippen LogP contribution in [0, 0.1) is 25.2 Å². The molecule has 0 atom stereocenters. The molecule has 1 heterocycles. The third kappa shape index (κ3) is 4.36. The number of ether oxygens (including phenoxy) is 1. The minimum absolute atomic E-state index is 0.488. The number of allylic oxidation sites excluding steroid dienone is 1. The molecule has 0 aliphatic carbocycles. The Kier molecular flexibility index (Phi) is 5.90. The first kappa shape index (κ1) is 18.7. The van der Waals surface area contributed by atoms with E-state index in [1.165, 1.54) is 22.5 Å². The van der Waals surface area contributed by atoms with Crippen molar-refractivity contribution in [2.45, 2.75) is 20.8 Å². The van der Waals surface area contributed by atoms with Crippen LogP contribution in [-0.4, -0.2) is 11.6 Å². The van der Waals surface area contributed by atoms with Gasteiger partial charge in [-0.2, -0.15) is 5.26 Å². The second-order valence-electron chi connectivity index (χ2n) is 6.10. The van der Waals surface area contributed by atoms with Crippen LogP contribution in [0.25, 0.3) is 16.8 Å². The summed E-state index contributed by atoms with van der Waals surface area (Å²) < 4.78 is 5.61. The van der Waals surface area contributed by atoms with Crippen LogP contribution in [0.5, 0.6) is 5.75 Å². The van der Waals surface area contributed by atoms with Crippen molar-refractivity contribution in [2.75, 3.05) is 11.9 Å². The Morgan fingerprint density at radius 2 is 2.07 bits per heavy atom. The second kappa shape index (κ2) is 8.52. The summed E-state index contributed by atoms with van der Waals surface area (Å²) >= 11 is 1.47. The molecule has 0 amide bonds. The molecule has 3 rings (SSSR count). The molecule has 0 fully saturated rings. The fourth-order valence-corrected chi connectivity index (χ4v) is 3.57. The number of aromatic nitrogens is 1. The molecule has 2 aromatic carbocycles. The number of rotatable bonds is 6. The Morgan fingerprint density at radius 3 is 2.81 bits per heavy atom. The summed E-state index contributed by atoms with van der Waals surface area (Å²) in [6, 6.07) is 16.2. The molecule has 0 spiro atoms. The van der Waals surface area contributed by atoms with Crippen molar-refractivity contribution in [1.82, 2.24) is 4.98 Å². The zero-order chi connectivity index (χ0) is 19.2. The van der Waals surface area contributed by atoms with E-state index in [1.54, 1.807) is 6.20 Å². The standard InChI is InChI=1S/C22H21N3OS/c1-4-26-21-8-6-5-7-19(21)24-13-17(12-23)22-25-20(14-27-22)18-10-9-15(2)11-16(18)3/h5-11,13-14,24H,4H2,1-3H3/b17-13-. The molecule has 0 bridgehead atoms. The van der Waals surface area contributed by atoms with Crippen LogP contribution in [-0.2, 0) is 0 Å². The number of benzene rings is 2. The van der Waals surface area contributed by atoms with E-state index < -0.39 is 0 Å². The maximum absolute atomic E-state index is 9.58. The highest BCUT2D eigenvalue weighted by Crippen LogP contribution is 2.29. The lowest BCUT2D eigenvalue weighted by Gasteiger charge is -2.09. The van der Waals surface area contributed by atoms with E-state index in [-0.39, 0.29) is 0 Å². The Balaban J connectivity index is 1.86. The molecule has 0 saturated heterocycles. The van der Waals surface area contributed by atoms with Gasteiger partial charge in [-0.1, -0.05) is 35.9 Å². The number of nitrogens with one attached hydrogen (secondary N) is 1. The molecule has 1 aromatic heterocycles. The number of para-hydroxylation sites is 2. The predicted octanol–water partition coefficient (Wildman–Crippen LogP) is 5.80. The van der Waals surface area contributed by atoms with E-state index in [4.69, 9.17) is 4.74 Å². The van der Waals surface area contributed by atoms with Crippen molar-refractivity contribution >= 4 is 22.6 Å². The summed E-state index contributed by atoms with van der Waals surface area (Å²) in [5, 5.41) is 15.4. The molecule has 1 N–H and O–H groups in total. The van der Waals surface area contributed by atoms with Crippen molar-refractivity contribution in [3.8, 4) is 23.1 Å². The van der Waals surface area contributed by atoms with Crippen molar-refractivity contribution in [3.05, 3.63) is 70.2 Å². The summed E-state index contributed by atoms with van der Waals surface area (Å²) in [5.74, 6) is 0.753. The van der Waals surface area contributed by atoms with Crippen LogP contribution >= 0.6 is 11.3 Å². The Labute approximate surface area is 163 Å². The Hall–Kier alpha value is -3.10. The first-order valence-corrected chi connectivity index (χ1v) is 9.62. The van der Waals surface area contributed by atoms with E-state index in [1.807, 2.05) is 36.6 Å². The van der Waals surface area contributed by atoms with Gasteiger partial charge in [0.05, 0.1) is 18.0 Å². The van der Waals surface area contributed by atoms with Gasteiger partial charge in [0.25, 0.3) is 0 Å². The van der Waals surface area contributed by atoms with Gasteiger partial charge in [0.1, 0.15) is 22.4 Å². The van der Waals surface area contributed by atoms with Gasteiger partial charge in [-0.25, -0.2) is 4.98 Å². The van der Waals surface area contributed by atoms with Gasteiger partial charge in [-0.05, 0) is 38.5 Å². The quantitative estimate of drug-likeness (QED) is 0.553. The number of hydrogen-bond acceptors (Lipinski definition) is 5. The molecule has 0 aliphatic rings. The van der Waals surface area contributed by atoms with Crippen LogP contribution in [0.4, 0.5) is 5.69 Å². The monoisotopic (exact) mass is 375 g/mol. The Bertz CT molecular complexity index is 1010. The van der Waals surface area contributed by atoms with Crippen LogP contribution in [0.2, 0.25) is 0 Å². The minimum atomic E-state index is 0.488. The number of aryl methyl sites for hydroxylation is 2. The third-order valence-corrected chi connectivity index (χ3v) is 4.95. The number of thiazole rings is 1. The van der Waals surface area contributed by atoms with Gasteiger partial charge in [-0.15, -0.1) is 11.3 Å². The molecule has 0 unspecified atom stereocenters. The van der Waals surface area contributed by atoms with Crippen LogP contribution < -0.4 is 10.1 Å².